The number of methoxy groups -OCH3 is 1. The third kappa shape index (κ3) is 10.1. The molecule has 208 valence electrons. The van der Waals surface area contributed by atoms with Crippen molar-refractivity contribution in [2.24, 2.45) is 10.7 Å². The Balaban J connectivity index is 1.65. The van der Waals surface area contributed by atoms with Gasteiger partial charge in [-0.05, 0) is 42.6 Å². The topological polar surface area (TPSA) is 92.4 Å². The lowest BCUT2D eigenvalue weighted by molar-refractivity contribution is -0.119. The zero-order chi connectivity index (χ0) is 27.2. The zero-order valence-corrected chi connectivity index (χ0v) is 23.4. The molecule has 0 bridgehead atoms. The van der Waals surface area contributed by atoms with E-state index in [0.29, 0.717) is 32.6 Å². The van der Waals surface area contributed by atoms with Gasteiger partial charge in [0.2, 0.25) is 5.91 Å². The van der Waals surface area contributed by atoms with Gasteiger partial charge in [-0.15, -0.1) is 0 Å². The lowest BCUT2D eigenvalue weighted by atomic mass is 9.99. The van der Waals surface area contributed by atoms with Crippen molar-refractivity contribution in [3.63, 3.8) is 0 Å². The summed E-state index contributed by atoms with van der Waals surface area (Å²) < 4.78 is 11.4. The predicted molar refractivity (Wildman–Crippen MR) is 155 cm³/mol. The summed E-state index contributed by atoms with van der Waals surface area (Å²) in [4.78, 5) is 21.4. The standard InChI is InChI=1S/C30H45N5O3/c1-4-5-15-32-30(31)33-29(36)14-10-24-9-13-27(28(22-24)38-21-6-20-37-3)26-11-7-25(8-12-26)23-35-18-16-34(2)17-19-35/h7-9,11-13,22H,4-6,10,14-21,23H2,1-3H3,(H3,31,32,33,36). The number of aliphatic imine (C=N–C) groups is 1. The second kappa shape index (κ2) is 16.1. The van der Waals surface area contributed by atoms with Gasteiger partial charge < -0.3 is 20.1 Å². The fourth-order valence-electron chi connectivity index (χ4n) is 4.38. The number of rotatable bonds is 14. The molecule has 1 aliphatic rings. The first kappa shape index (κ1) is 29.6. The lowest BCUT2D eigenvalue weighted by Crippen LogP contribution is -2.43. The van der Waals surface area contributed by atoms with Crippen LogP contribution >= 0.6 is 0 Å². The van der Waals surface area contributed by atoms with Crippen LogP contribution < -0.4 is 15.8 Å². The van der Waals surface area contributed by atoms with E-state index in [0.717, 1.165) is 74.4 Å². The highest BCUT2D eigenvalue weighted by atomic mass is 16.5. The normalized spacial score (nSPS) is 15.0. The number of guanidine groups is 1. The minimum atomic E-state index is -0.134. The van der Waals surface area contributed by atoms with E-state index in [-0.39, 0.29) is 11.9 Å². The average molecular weight is 524 g/mol. The molecule has 38 heavy (non-hydrogen) atoms. The van der Waals surface area contributed by atoms with Crippen LogP contribution in [0.2, 0.25) is 0 Å². The molecule has 0 atom stereocenters. The molecule has 0 radical (unpaired) electrons. The summed E-state index contributed by atoms with van der Waals surface area (Å²) in [5.41, 5.74) is 10.4. The quantitative estimate of drug-likeness (QED) is 0.223. The van der Waals surface area contributed by atoms with Crippen molar-refractivity contribution in [3.05, 3.63) is 53.6 Å². The highest BCUT2D eigenvalue weighted by molar-refractivity contribution is 5.96. The number of carbonyl (C=O) groups excluding carboxylic acids is 1. The number of hydrogen-bond donors (Lipinski definition) is 2. The summed E-state index contributed by atoms with van der Waals surface area (Å²) in [5, 5.41) is 2.68. The Morgan fingerprint density at radius 2 is 1.76 bits per heavy atom. The van der Waals surface area contributed by atoms with Gasteiger partial charge in [0.15, 0.2) is 5.96 Å². The lowest BCUT2D eigenvalue weighted by Gasteiger charge is -2.32. The number of carbonyl (C=O) groups is 1. The Hall–Kier alpha value is -2.94. The van der Waals surface area contributed by atoms with E-state index < -0.39 is 0 Å². The van der Waals surface area contributed by atoms with Crippen LogP contribution in [0.3, 0.4) is 0 Å². The summed E-state index contributed by atoms with van der Waals surface area (Å²) in [5.74, 6) is 0.883. The minimum absolute atomic E-state index is 0.134. The average Bonchev–Trinajstić information content (AvgIpc) is 2.92. The van der Waals surface area contributed by atoms with Gasteiger partial charge in [0.05, 0.1) is 6.61 Å². The Bertz CT molecular complexity index is 1020. The van der Waals surface area contributed by atoms with Crippen molar-refractivity contribution >= 4 is 11.9 Å². The summed E-state index contributed by atoms with van der Waals surface area (Å²) >= 11 is 0. The van der Waals surface area contributed by atoms with E-state index >= 15 is 0 Å². The number of aryl methyl sites for hydroxylation is 1. The van der Waals surface area contributed by atoms with Crippen LogP contribution in [0.1, 0.15) is 43.7 Å². The molecular formula is C30H45N5O3. The first-order valence-corrected chi connectivity index (χ1v) is 13.8. The van der Waals surface area contributed by atoms with Crippen molar-refractivity contribution in [2.75, 3.05) is 60.1 Å². The van der Waals surface area contributed by atoms with Crippen LogP contribution in [0.4, 0.5) is 0 Å². The molecule has 0 unspecified atom stereocenters. The van der Waals surface area contributed by atoms with Crippen molar-refractivity contribution in [1.82, 2.24) is 15.1 Å². The molecule has 1 saturated heterocycles. The molecule has 0 aromatic heterocycles. The number of ether oxygens (including phenoxy) is 2. The Labute approximate surface area is 228 Å². The van der Waals surface area contributed by atoms with E-state index in [9.17, 15) is 4.79 Å². The van der Waals surface area contributed by atoms with Crippen LogP contribution in [0.15, 0.2) is 47.5 Å². The number of amides is 1. The maximum atomic E-state index is 12.3. The van der Waals surface area contributed by atoms with Crippen LogP contribution in [0.25, 0.3) is 11.1 Å². The van der Waals surface area contributed by atoms with Crippen LogP contribution in [0, 0.1) is 0 Å². The van der Waals surface area contributed by atoms with Crippen molar-refractivity contribution in [1.29, 1.82) is 0 Å². The van der Waals surface area contributed by atoms with Gasteiger partial charge in [0.1, 0.15) is 5.75 Å². The molecular weight excluding hydrogens is 478 g/mol. The Kier molecular flexibility index (Phi) is 12.6. The molecule has 0 spiro atoms. The molecule has 8 heteroatoms. The molecule has 1 heterocycles. The molecule has 1 aliphatic heterocycles. The zero-order valence-electron chi connectivity index (χ0n) is 23.4. The van der Waals surface area contributed by atoms with E-state index in [2.05, 4.69) is 70.5 Å². The number of likely N-dealkylation sites (N-methyl/N-ethyl adjacent to an activating group) is 1. The molecule has 1 fully saturated rings. The number of nitrogens with zero attached hydrogens (tertiary/aromatic N) is 3. The molecule has 1 amide bonds. The molecule has 3 N–H and O–H groups in total. The highest BCUT2D eigenvalue weighted by Gasteiger charge is 2.15. The van der Waals surface area contributed by atoms with Crippen LogP contribution in [-0.4, -0.2) is 81.8 Å². The van der Waals surface area contributed by atoms with Crippen LogP contribution in [-0.2, 0) is 22.5 Å². The molecule has 2 aromatic carbocycles. The summed E-state index contributed by atoms with van der Waals surface area (Å²) in [6, 6.07) is 15.0. The Morgan fingerprint density at radius 3 is 2.47 bits per heavy atom. The third-order valence-electron chi connectivity index (χ3n) is 6.77. The third-order valence-corrected chi connectivity index (χ3v) is 6.77. The fourth-order valence-corrected chi connectivity index (χ4v) is 4.38. The SMILES string of the molecule is CCCCN=C(N)NC(=O)CCc1ccc(-c2ccc(CN3CCN(C)CC3)cc2)c(OCCCOC)c1. The number of benzene rings is 2. The largest absolute Gasteiger partial charge is 0.493 e. The highest BCUT2D eigenvalue weighted by Crippen LogP contribution is 2.32. The van der Waals surface area contributed by atoms with Crippen LogP contribution in [0.5, 0.6) is 5.75 Å². The number of nitrogens with two attached hydrogens (primary N) is 1. The van der Waals surface area contributed by atoms with E-state index in [4.69, 9.17) is 15.2 Å². The molecule has 0 aliphatic carbocycles. The molecule has 3 rings (SSSR count). The second-order valence-corrected chi connectivity index (χ2v) is 9.97. The van der Waals surface area contributed by atoms with E-state index in [1.807, 2.05) is 6.07 Å². The summed E-state index contributed by atoms with van der Waals surface area (Å²) in [6.45, 7) is 9.37. The predicted octanol–water partition coefficient (Wildman–Crippen LogP) is 3.68. The van der Waals surface area contributed by atoms with Gasteiger partial charge in [0.25, 0.3) is 0 Å². The first-order chi connectivity index (χ1) is 18.5. The molecule has 0 saturated carbocycles. The maximum absolute atomic E-state index is 12.3. The van der Waals surface area contributed by atoms with Gasteiger partial charge in [-0.1, -0.05) is 49.7 Å². The fraction of sp³-hybridized carbons (Fsp3) is 0.533. The van der Waals surface area contributed by atoms with Gasteiger partial charge in [0, 0.05) is 71.4 Å². The van der Waals surface area contributed by atoms with E-state index in [1.54, 1.807) is 7.11 Å². The van der Waals surface area contributed by atoms with E-state index in [1.165, 1.54) is 5.56 Å². The maximum Gasteiger partial charge on any atom is 0.226 e. The number of hydrogen-bond acceptors (Lipinski definition) is 6. The van der Waals surface area contributed by atoms with Gasteiger partial charge in [-0.3, -0.25) is 20.0 Å². The molecule has 8 nitrogen and oxygen atoms in total. The summed E-state index contributed by atoms with van der Waals surface area (Å²) in [6.07, 6.45) is 3.72. The second-order valence-electron chi connectivity index (χ2n) is 9.97. The Morgan fingerprint density at radius 1 is 1.03 bits per heavy atom. The van der Waals surface area contributed by atoms with Gasteiger partial charge in [-0.25, -0.2) is 0 Å². The van der Waals surface area contributed by atoms with Crippen molar-refractivity contribution in [2.45, 2.75) is 45.6 Å². The monoisotopic (exact) mass is 523 g/mol. The number of unbranched alkanes of at least 4 members (excludes halogenated alkanes) is 1. The molecule has 2 aromatic rings. The van der Waals surface area contributed by atoms with Crippen molar-refractivity contribution < 1.29 is 14.3 Å². The van der Waals surface area contributed by atoms with Gasteiger partial charge in [-0.2, -0.15) is 0 Å². The van der Waals surface area contributed by atoms with Crippen molar-refractivity contribution in [3.8, 4) is 16.9 Å². The van der Waals surface area contributed by atoms with Gasteiger partial charge >= 0.3 is 0 Å². The first-order valence-electron chi connectivity index (χ1n) is 13.8. The summed E-state index contributed by atoms with van der Waals surface area (Å²) in [7, 11) is 3.88. The number of nitrogens with one attached hydrogen (secondary N) is 1. The number of piperazine rings is 1. The minimum Gasteiger partial charge on any atom is -0.493 e. The smallest absolute Gasteiger partial charge is 0.226 e.